The minimum absolute atomic E-state index is 0.0563. The molecule has 0 saturated carbocycles. The van der Waals surface area contributed by atoms with Crippen molar-refractivity contribution in [3.8, 4) is 0 Å². The Bertz CT molecular complexity index is 314. The molecule has 0 saturated heterocycles. The number of nitrogens with zero attached hydrogens (tertiary/aromatic N) is 2. The molecule has 2 N–H and O–H groups in total. The Labute approximate surface area is 103 Å². The van der Waals surface area contributed by atoms with E-state index in [1.807, 2.05) is 13.8 Å². The maximum Gasteiger partial charge on any atom is 0.229 e. The van der Waals surface area contributed by atoms with E-state index in [-0.39, 0.29) is 12.0 Å². The van der Waals surface area contributed by atoms with Gasteiger partial charge in [-0.25, -0.2) is 0 Å². The molecule has 5 heteroatoms. The molecule has 0 aromatic carbocycles. The number of hydrogen-bond donors (Lipinski definition) is 1. The highest BCUT2D eigenvalue weighted by Crippen LogP contribution is 2.23. The van der Waals surface area contributed by atoms with Crippen LogP contribution in [0.15, 0.2) is 4.52 Å². The average molecular weight is 241 g/mol. The van der Waals surface area contributed by atoms with Crippen LogP contribution in [0.3, 0.4) is 0 Å². The van der Waals surface area contributed by atoms with Crippen LogP contribution < -0.4 is 5.73 Å². The van der Waals surface area contributed by atoms with E-state index in [1.54, 1.807) is 0 Å². The molecule has 0 spiro atoms. The van der Waals surface area contributed by atoms with E-state index in [9.17, 15) is 0 Å². The molecule has 0 radical (unpaired) electrons. The first kappa shape index (κ1) is 14.1. The lowest BCUT2D eigenvalue weighted by Crippen LogP contribution is -2.06. The van der Waals surface area contributed by atoms with Crippen molar-refractivity contribution >= 4 is 0 Å². The van der Waals surface area contributed by atoms with Crippen molar-refractivity contribution in [1.82, 2.24) is 10.1 Å². The zero-order chi connectivity index (χ0) is 12.7. The number of rotatable bonds is 8. The Hall–Kier alpha value is -0.940. The van der Waals surface area contributed by atoms with Crippen LogP contribution >= 0.6 is 0 Å². The van der Waals surface area contributed by atoms with Gasteiger partial charge in [0.25, 0.3) is 0 Å². The highest BCUT2D eigenvalue weighted by atomic mass is 16.5. The highest BCUT2D eigenvalue weighted by molar-refractivity contribution is 4.95. The third-order valence-corrected chi connectivity index (χ3v) is 2.75. The fourth-order valence-corrected chi connectivity index (χ4v) is 1.70. The van der Waals surface area contributed by atoms with E-state index < -0.39 is 0 Å². The minimum Gasteiger partial charge on any atom is -0.370 e. The molecule has 0 aliphatic carbocycles. The standard InChI is InChI=1S/C12H23N3O2/c1-4-10(16-5-2)11-14-12(17-15-11)9(3)7-6-8-13/h9-10H,4-8,13H2,1-3H3. The number of ether oxygens (including phenoxy) is 1. The molecule has 1 rings (SSSR count). The van der Waals surface area contributed by atoms with Crippen molar-refractivity contribution in [2.45, 2.75) is 52.1 Å². The number of hydrogen-bond acceptors (Lipinski definition) is 5. The Morgan fingerprint density at radius 1 is 1.41 bits per heavy atom. The molecular formula is C12H23N3O2. The summed E-state index contributed by atoms with van der Waals surface area (Å²) < 4.78 is 10.8. The summed E-state index contributed by atoms with van der Waals surface area (Å²) in [4.78, 5) is 4.41. The van der Waals surface area contributed by atoms with Gasteiger partial charge in [-0.2, -0.15) is 4.98 Å². The monoisotopic (exact) mass is 241 g/mol. The molecule has 17 heavy (non-hydrogen) atoms. The molecule has 2 unspecified atom stereocenters. The van der Waals surface area contributed by atoms with Crippen LogP contribution in [0.4, 0.5) is 0 Å². The second-order valence-corrected chi connectivity index (χ2v) is 4.17. The van der Waals surface area contributed by atoms with Crippen LogP contribution in [-0.4, -0.2) is 23.3 Å². The van der Waals surface area contributed by atoms with Gasteiger partial charge >= 0.3 is 0 Å². The van der Waals surface area contributed by atoms with Crippen LogP contribution in [0.1, 0.15) is 63.8 Å². The van der Waals surface area contributed by atoms with E-state index >= 15 is 0 Å². The number of aromatic nitrogens is 2. The molecule has 0 amide bonds. The molecule has 0 aliphatic heterocycles. The summed E-state index contributed by atoms with van der Waals surface area (Å²) in [5.74, 6) is 1.61. The molecule has 1 heterocycles. The predicted octanol–water partition coefficient (Wildman–Crippen LogP) is 2.40. The smallest absolute Gasteiger partial charge is 0.229 e. The minimum atomic E-state index is -0.0563. The van der Waals surface area contributed by atoms with Gasteiger partial charge in [0, 0.05) is 12.5 Å². The molecule has 1 aromatic rings. The summed E-state index contributed by atoms with van der Waals surface area (Å²) >= 11 is 0. The third kappa shape index (κ3) is 4.09. The van der Waals surface area contributed by atoms with Crippen molar-refractivity contribution < 1.29 is 9.26 Å². The van der Waals surface area contributed by atoms with Crippen LogP contribution in [0.5, 0.6) is 0 Å². The Balaban J connectivity index is 2.62. The molecule has 2 atom stereocenters. The fourth-order valence-electron chi connectivity index (χ4n) is 1.70. The summed E-state index contributed by atoms with van der Waals surface area (Å²) in [6, 6.07) is 0. The summed E-state index contributed by atoms with van der Waals surface area (Å²) in [5, 5.41) is 3.99. The van der Waals surface area contributed by atoms with Gasteiger partial charge < -0.3 is 15.0 Å². The van der Waals surface area contributed by atoms with Crippen LogP contribution in [0.2, 0.25) is 0 Å². The summed E-state index contributed by atoms with van der Waals surface area (Å²) in [6.45, 7) is 7.45. The molecule has 0 fully saturated rings. The van der Waals surface area contributed by atoms with Crippen LogP contribution in [0.25, 0.3) is 0 Å². The second-order valence-electron chi connectivity index (χ2n) is 4.17. The largest absolute Gasteiger partial charge is 0.370 e. The molecular weight excluding hydrogens is 218 g/mol. The first-order chi connectivity index (χ1) is 8.22. The van der Waals surface area contributed by atoms with Gasteiger partial charge in [0.15, 0.2) is 0 Å². The van der Waals surface area contributed by atoms with E-state index in [0.717, 1.165) is 19.3 Å². The van der Waals surface area contributed by atoms with Crippen molar-refractivity contribution in [3.05, 3.63) is 11.7 Å². The third-order valence-electron chi connectivity index (χ3n) is 2.75. The van der Waals surface area contributed by atoms with Gasteiger partial charge in [-0.1, -0.05) is 19.0 Å². The quantitative estimate of drug-likeness (QED) is 0.756. The molecule has 0 bridgehead atoms. The van der Waals surface area contributed by atoms with E-state index in [2.05, 4.69) is 17.1 Å². The molecule has 98 valence electrons. The summed E-state index contributed by atoms with van der Waals surface area (Å²) in [7, 11) is 0. The van der Waals surface area contributed by atoms with E-state index in [0.29, 0.717) is 24.9 Å². The highest BCUT2D eigenvalue weighted by Gasteiger charge is 2.19. The van der Waals surface area contributed by atoms with Crippen LogP contribution in [-0.2, 0) is 4.74 Å². The molecule has 1 aromatic heterocycles. The van der Waals surface area contributed by atoms with Crippen molar-refractivity contribution in [2.75, 3.05) is 13.2 Å². The lowest BCUT2D eigenvalue weighted by molar-refractivity contribution is 0.0518. The van der Waals surface area contributed by atoms with Gasteiger partial charge in [-0.05, 0) is 32.7 Å². The van der Waals surface area contributed by atoms with Crippen LogP contribution in [0, 0.1) is 0 Å². The summed E-state index contributed by atoms with van der Waals surface area (Å²) in [5.41, 5.74) is 5.48. The lowest BCUT2D eigenvalue weighted by Gasteiger charge is -2.09. The van der Waals surface area contributed by atoms with E-state index in [4.69, 9.17) is 15.0 Å². The van der Waals surface area contributed by atoms with Gasteiger partial charge in [-0.3, -0.25) is 0 Å². The Morgan fingerprint density at radius 2 is 2.18 bits per heavy atom. The van der Waals surface area contributed by atoms with Gasteiger partial charge in [0.2, 0.25) is 11.7 Å². The van der Waals surface area contributed by atoms with Crippen molar-refractivity contribution in [2.24, 2.45) is 5.73 Å². The topological polar surface area (TPSA) is 74.2 Å². The predicted molar refractivity (Wildman–Crippen MR) is 65.7 cm³/mol. The van der Waals surface area contributed by atoms with E-state index in [1.165, 1.54) is 0 Å². The van der Waals surface area contributed by atoms with Gasteiger partial charge in [0.05, 0.1) is 0 Å². The van der Waals surface area contributed by atoms with Gasteiger partial charge in [0.1, 0.15) is 6.10 Å². The zero-order valence-electron chi connectivity index (χ0n) is 11.0. The molecule has 0 aliphatic rings. The van der Waals surface area contributed by atoms with Crippen molar-refractivity contribution in [1.29, 1.82) is 0 Å². The maximum atomic E-state index is 5.55. The SMILES string of the molecule is CCOC(CC)c1noc(C(C)CCCN)n1. The number of nitrogens with two attached hydrogens (primary N) is 1. The fraction of sp³-hybridized carbons (Fsp3) is 0.833. The summed E-state index contributed by atoms with van der Waals surface area (Å²) in [6.07, 6.45) is 2.74. The second kappa shape index (κ2) is 7.40. The Morgan fingerprint density at radius 3 is 2.76 bits per heavy atom. The van der Waals surface area contributed by atoms with Crippen molar-refractivity contribution in [3.63, 3.8) is 0 Å². The normalized spacial score (nSPS) is 14.8. The zero-order valence-corrected chi connectivity index (χ0v) is 11.0. The lowest BCUT2D eigenvalue weighted by atomic mass is 10.1. The van der Waals surface area contributed by atoms with Gasteiger partial charge in [-0.15, -0.1) is 0 Å². The first-order valence-corrected chi connectivity index (χ1v) is 6.38. The first-order valence-electron chi connectivity index (χ1n) is 6.38. The molecule has 5 nitrogen and oxygen atoms in total. The maximum absolute atomic E-state index is 5.55. The average Bonchev–Trinajstić information content (AvgIpc) is 2.82. The Kier molecular flexibility index (Phi) is 6.15.